The van der Waals surface area contributed by atoms with Gasteiger partial charge in [-0.3, -0.25) is 0 Å². The molecule has 1 unspecified atom stereocenters. The van der Waals surface area contributed by atoms with Gasteiger partial charge in [-0.05, 0) is 18.9 Å². The Balaban J connectivity index is 2.69. The SMILES string of the molecule is CC(C)C(C)N(C)c1c(C(=O)O)nnc2ccccc12. The second-order valence-electron chi connectivity index (χ2n) is 5.32. The van der Waals surface area contributed by atoms with Gasteiger partial charge in [0.2, 0.25) is 0 Å². The highest BCUT2D eigenvalue weighted by atomic mass is 16.4. The highest BCUT2D eigenvalue weighted by molar-refractivity contribution is 6.02. The third kappa shape index (κ3) is 2.43. The number of carboxylic acid groups (broad SMARTS) is 1. The average molecular weight is 273 g/mol. The quantitative estimate of drug-likeness (QED) is 0.927. The first-order valence-electron chi connectivity index (χ1n) is 6.65. The smallest absolute Gasteiger partial charge is 0.358 e. The van der Waals surface area contributed by atoms with Gasteiger partial charge in [-0.2, -0.15) is 0 Å². The third-order valence-electron chi connectivity index (χ3n) is 3.77. The molecule has 20 heavy (non-hydrogen) atoms. The summed E-state index contributed by atoms with van der Waals surface area (Å²) in [7, 11) is 1.90. The van der Waals surface area contributed by atoms with Gasteiger partial charge in [0.25, 0.3) is 0 Å². The molecule has 1 aromatic carbocycles. The van der Waals surface area contributed by atoms with Crippen molar-refractivity contribution in [2.75, 3.05) is 11.9 Å². The number of aromatic nitrogens is 2. The van der Waals surface area contributed by atoms with E-state index in [0.717, 1.165) is 5.39 Å². The summed E-state index contributed by atoms with van der Waals surface area (Å²) in [5, 5.41) is 18.1. The standard InChI is InChI=1S/C15H19N3O2/c1-9(2)10(3)18(4)14-11-7-5-6-8-12(11)16-17-13(14)15(19)20/h5-10H,1-4H3,(H,19,20). The zero-order valence-electron chi connectivity index (χ0n) is 12.2. The molecule has 5 heteroatoms. The number of rotatable bonds is 4. The number of aromatic carboxylic acids is 1. The minimum Gasteiger partial charge on any atom is -0.476 e. The summed E-state index contributed by atoms with van der Waals surface area (Å²) < 4.78 is 0. The lowest BCUT2D eigenvalue weighted by atomic mass is 10.0. The van der Waals surface area contributed by atoms with Crippen molar-refractivity contribution in [3.05, 3.63) is 30.0 Å². The molecule has 2 rings (SSSR count). The van der Waals surface area contributed by atoms with Crippen molar-refractivity contribution < 1.29 is 9.90 Å². The number of hydrogen-bond donors (Lipinski definition) is 1. The van der Waals surface area contributed by atoms with E-state index >= 15 is 0 Å². The summed E-state index contributed by atoms with van der Waals surface area (Å²) in [4.78, 5) is 13.4. The molecular weight excluding hydrogens is 254 g/mol. The maximum Gasteiger partial charge on any atom is 0.358 e. The van der Waals surface area contributed by atoms with Crippen LogP contribution in [-0.2, 0) is 0 Å². The molecule has 0 aliphatic carbocycles. The molecular formula is C15H19N3O2. The highest BCUT2D eigenvalue weighted by Crippen LogP contribution is 2.30. The molecule has 5 nitrogen and oxygen atoms in total. The second kappa shape index (κ2) is 5.45. The van der Waals surface area contributed by atoms with Gasteiger partial charge in [-0.25, -0.2) is 4.79 Å². The maximum atomic E-state index is 11.4. The molecule has 0 aliphatic heterocycles. The summed E-state index contributed by atoms with van der Waals surface area (Å²) >= 11 is 0. The molecule has 1 aromatic heterocycles. The van der Waals surface area contributed by atoms with Gasteiger partial charge in [-0.15, -0.1) is 10.2 Å². The molecule has 0 amide bonds. The van der Waals surface area contributed by atoms with Crippen LogP contribution in [0.5, 0.6) is 0 Å². The van der Waals surface area contributed by atoms with Crippen LogP contribution in [0, 0.1) is 5.92 Å². The van der Waals surface area contributed by atoms with E-state index in [1.807, 2.05) is 36.2 Å². The molecule has 1 atom stereocenters. The zero-order valence-corrected chi connectivity index (χ0v) is 12.2. The fourth-order valence-electron chi connectivity index (χ4n) is 2.19. The predicted molar refractivity (Wildman–Crippen MR) is 79.2 cm³/mol. The molecule has 106 valence electrons. The Bertz CT molecular complexity index is 640. The molecule has 0 spiro atoms. The maximum absolute atomic E-state index is 11.4. The van der Waals surface area contributed by atoms with Gasteiger partial charge < -0.3 is 10.0 Å². The summed E-state index contributed by atoms with van der Waals surface area (Å²) in [5.41, 5.74) is 1.33. The minimum atomic E-state index is -1.05. The van der Waals surface area contributed by atoms with Crippen LogP contribution in [0.1, 0.15) is 31.3 Å². The molecule has 0 aliphatic rings. The van der Waals surface area contributed by atoms with E-state index in [1.165, 1.54) is 0 Å². The van der Waals surface area contributed by atoms with Crippen LogP contribution >= 0.6 is 0 Å². The van der Waals surface area contributed by atoms with E-state index in [-0.39, 0.29) is 11.7 Å². The van der Waals surface area contributed by atoms with Gasteiger partial charge in [-0.1, -0.05) is 32.0 Å². The first-order chi connectivity index (χ1) is 9.43. The number of carboxylic acids is 1. The van der Waals surface area contributed by atoms with E-state index in [2.05, 4.69) is 31.0 Å². The monoisotopic (exact) mass is 273 g/mol. The van der Waals surface area contributed by atoms with Crippen molar-refractivity contribution >= 4 is 22.6 Å². The summed E-state index contributed by atoms with van der Waals surface area (Å²) in [5.74, 6) is -0.658. The number of hydrogen-bond acceptors (Lipinski definition) is 4. The van der Waals surface area contributed by atoms with Crippen LogP contribution in [-0.4, -0.2) is 34.4 Å². The Morgan fingerprint density at radius 2 is 1.85 bits per heavy atom. The second-order valence-corrected chi connectivity index (χ2v) is 5.32. The average Bonchev–Trinajstić information content (AvgIpc) is 2.44. The summed E-state index contributed by atoms with van der Waals surface area (Å²) in [6.45, 7) is 6.29. The van der Waals surface area contributed by atoms with Gasteiger partial charge in [0.05, 0.1) is 11.2 Å². The normalized spacial score (nSPS) is 12.7. The van der Waals surface area contributed by atoms with Crippen molar-refractivity contribution in [1.29, 1.82) is 0 Å². The van der Waals surface area contributed by atoms with Crippen LogP contribution in [0.3, 0.4) is 0 Å². The van der Waals surface area contributed by atoms with Crippen LogP contribution < -0.4 is 4.90 Å². The first kappa shape index (κ1) is 14.2. The minimum absolute atomic E-state index is 0.00120. The van der Waals surface area contributed by atoms with E-state index in [9.17, 15) is 9.90 Å². The Hall–Kier alpha value is -2.17. The van der Waals surface area contributed by atoms with E-state index in [0.29, 0.717) is 17.1 Å². The number of anilines is 1. The molecule has 1 N–H and O–H groups in total. The topological polar surface area (TPSA) is 66.3 Å². The van der Waals surface area contributed by atoms with Crippen molar-refractivity contribution in [3.8, 4) is 0 Å². The molecule has 2 aromatic rings. The highest BCUT2D eigenvalue weighted by Gasteiger charge is 2.23. The first-order valence-corrected chi connectivity index (χ1v) is 6.65. The summed E-state index contributed by atoms with van der Waals surface area (Å²) in [6.07, 6.45) is 0. The van der Waals surface area contributed by atoms with Crippen molar-refractivity contribution in [2.45, 2.75) is 26.8 Å². The number of benzene rings is 1. The van der Waals surface area contributed by atoms with Crippen molar-refractivity contribution in [2.24, 2.45) is 5.92 Å². The largest absolute Gasteiger partial charge is 0.476 e. The fourth-order valence-corrected chi connectivity index (χ4v) is 2.19. The number of carbonyl (C=O) groups is 1. The van der Waals surface area contributed by atoms with Gasteiger partial charge >= 0.3 is 5.97 Å². The lowest BCUT2D eigenvalue weighted by Crippen LogP contribution is -2.34. The Morgan fingerprint density at radius 1 is 1.20 bits per heavy atom. The van der Waals surface area contributed by atoms with Crippen molar-refractivity contribution in [3.63, 3.8) is 0 Å². The van der Waals surface area contributed by atoms with Crippen molar-refractivity contribution in [1.82, 2.24) is 10.2 Å². The Kier molecular flexibility index (Phi) is 3.88. The van der Waals surface area contributed by atoms with Crippen LogP contribution in [0.4, 0.5) is 5.69 Å². The van der Waals surface area contributed by atoms with Gasteiger partial charge in [0.15, 0.2) is 5.69 Å². The molecule has 0 radical (unpaired) electrons. The molecule has 1 heterocycles. The third-order valence-corrected chi connectivity index (χ3v) is 3.77. The van der Waals surface area contributed by atoms with Crippen LogP contribution in [0.25, 0.3) is 10.9 Å². The molecule has 0 fully saturated rings. The predicted octanol–water partition coefficient (Wildman–Crippen LogP) is 2.81. The zero-order chi connectivity index (χ0) is 14.9. The molecule has 0 saturated heterocycles. The van der Waals surface area contributed by atoms with E-state index < -0.39 is 5.97 Å². The van der Waals surface area contributed by atoms with Gasteiger partial charge in [0.1, 0.15) is 0 Å². The summed E-state index contributed by atoms with van der Waals surface area (Å²) in [6, 6.07) is 7.67. The lowest BCUT2D eigenvalue weighted by Gasteiger charge is -2.31. The Morgan fingerprint density at radius 3 is 2.45 bits per heavy atom. The van der Waals surface area contributed by atoms with E-state index in [1.54, 1.807) is 0 Å². The fraction of sp³-hybridized carbons (Fsp3) is 0.400. The Labute approximate surface area is 118 Å². The lowest BCUT2D eigenvalue weighted by molar-refractivity contribution is 0.0690. The van der Waals surface area contributed by atoms with Gasteiger partial charge in [0, 0.05) is 18.5 Å². The van der Waals surface area contributed by atoms with Crippen LogP contribution in [0.15, 0.2) is 24.3 Å². The number of nitrogens with zero attached hydrogens (tertiary/aromatic N) is 3. The molecule has 0 saturated carbocycles. The van der Waals surface area contributed by atoms with Crippen LogP contribution in [0.2, 0.25) is 0 Å². The molecule has 0 bridgehead atoms. The number of fused-ring (bicyclic) bond motifs is 1. The van der Waals surface area contributed by atoms with E-state index in [4.69, 9.17) is 0 Å².